The second kappa shape index (κ2) is 5.30. The molecule has 0 fully saturated rings. The Morgan fingerprint density at radius 2 is 1.78 bits per heavy atom. The molecule has 0 N–H and O–H groups in total. The molecule has 0 bridgehead atoms. The van der Waals surface area contributed by atoms with Gasteiger partial charge in [-0.15, -0.1) is 0 Å². The van der Waals surface area contributed by atoms with Crippen LogP contribution in [0, 0.1) is 9.48 Å². The molecule has 0 saturated carbocycles. The molecule has 0 aliphatic carbocycles. The third kappa shape index (κ3) is 2.16. The summed E-state index contributed by atoms with van der Waals surface area (Å²) < 4.78 is 10.3. The van der Waals surface area contributed by atoms with Gasteiger partial charge in [-0.1, -0.05) is 42.0 Å². The highest BCUT2D eigenvalue weighted by molar-refractivity contribution is 7.72. The zero-order valence-corrected chi connectivity index (χ0v) is 14.5. The maximum atomic E-state index is 6.02. The van der Waals surface area contributed by atoms with E-state index in [4.69, 9.17) is 40.5 Å². The molecule has 1 aromatic carbocycles. The lowest BCUT2D eigenvalue weighted by Gasteiger charge is -2.02. The number of halogens is 1. The van der Waals surface area contributed by atoms with Gasteiger partial charge in [-0.2, -0.15) is 0 Å². The zero-order chi connectivity index (χ0) is 16.1. The fourth-order valence-electron chi connectivity index (χ4n) is 2.78. The average molecular weight is 359 g/mol. The summed E-state index contributed by atoms with van der Waals surface area (Å²) in [5.74, 6) is 0. The van der Waals surface area contributed by atoms with Crippen LogP contribution >= 0.6 is 36.0 Å². The highest BCUT2D eigenvalue weighted by Gasteiger charge is 2.18. The van der Waals surface area contributed by atoms with Crippen LogP contribution in [-0.2, 0) is 7.05 Å². The van der Waals surface area contributed by atoms with Crippen molar-refractivity contribution >= 4 is 52.7 Å². The van der Waals surface area contributed by atoms with Gasteiger partial charge in [0.25, 0.3) is 4.84 Å². The van der Waals surface area contributed by atoms with E-state index in [9.17, 15) is 0 Å². The van der Waals surface area contributed by atoms with Crippen molar-refractivity contribution < 1.29 is 4.42 Å². The van der Waals surface area contributed by atoms with Crippen LogP contribution in [0.1, 0.15) is 0 Å². The molecule has 0 saturated heterocycles. The molecule has 3 nitrogen and oxygen atoms in total. The van der Waals surface area contributed by atoms with Gasteiger partial charge in [-0.3, -0.25) is 4.57 Å². The molecule has 3 aromatic heterocycles. The lowest BCUT2D eigenvalue weighted by Crippen LogP contribution is -1.95. The monoisotopic (exact) mass is 358 g/mol. The molecular weight excluding hydrogens is 348 g/mol. The van der Waals surface area contributed by atoms with Gasteiger partial charge in [-0.05, 0) is 42.0 Å². The number of hydrogen-bond donors (Lipinski definition) is 0. The first-order valence-corrected chi connectivity index (χ1v) is 8.16. The number of benzene rings is 1. The first-order valence-electron chi connectivity index (χ1n) is 6.97. The molecule has 0 radical (unpaired) electrons. The maximum Gasteiger partial charge on any atom is 0.269 e. The molecule has 0 aliphatic rings. The predicted molar refractivity (Wildman–Crippen MR) is 98.3 cm³/mol. The summed E-state index contributed by atoms with van der Waals surface area (Å²) in [7, 11) is 1.82. The molecule has 0 aliphatic heterocycles. The topological polar surface area (TPSA) is 22.5 Å². The van der Waals surface area contributed by atoms with Gasteiger partial charge >= 0.3 is 0 Å². The van der Waals surface area contributed by atoms with E-state index in [1.165, 1.54) is 0 Å². The number of nitrogens with zero attached hydrogens (tertiary/aromatic N) is 2. The van der Waals surface area contributed by atoms with Crippen LogP contribution in [0.25, 0.3) is 27.7 Å². The van der Waals surface area contributed by atoms with Crippen LogP contribution in [-0.4, -0.2) is 8.97 Å². The molecule has 3 heterocycles. The van der Waals surface area contributed by atoms with E-state index in [2.05, 4.69) is 0 Å². The summed E-state index contributed by atoms with van der Waals surface area (Å²) in [5.41, 5.74) is 4.54. The zero-order valence-electron chi connectivity index (χ0n) is 12.1. The largest absolute Gasteiger partial charge is 0.428 e. The first-order chi connectivity index (χ1) is 11.1. The van der Waals surface area contributed by atoms with Crippen molar-refractivity contribution in [1.82, 2.24) is 8.97 Å². The highest BCUT2D eigenvalue weighted by Crippen LogP contribution is 2.36. The summed E-state index contributed by atoms with van der Waals surface area (Å²) in [6, 6.07) is 13.7. The van der Waals surface area contributed by atoms with Crippen molar-refractivity contribution in [2.45, 2.75) is 0 Å². The standard InChI is InChI=1S/C17H11ClN2OS2/c1-19-16(22)14-15(21-17(19)23)13(10-5-7-11(18)8-6-10)12-4-2-3-9-20(12)14/h2-9H,1H3. The first kappa shape index (κ1) is 14.6. The molecule has 4 aromatic rings. The molecule has 4 rings (SSSR count). The summed E-state index contributed by atoms with van der Waals surface area (Å²) in [4.78, 5) is 0.355. The number of hydrogen-bond acceptors (Lipinski definition) is 3. The Labute approximate surface area is 147 Å². The van der Waals surface area contributed by atoms with Crippen molar-refractivity contribution in [1.29, 1.82) is 0 Å². The Balaban J connectivity index is 2.28. The lowest BCUT2D eigenvalue weighted by atomic mass is 10.1. The van der Waals surface area contributed by atoms with E-state index in [0.717, 1.165) is 22.2 Å². The van der Waals surface area contributed by atoms with Crippen molar-refractivity contribution in [3.8, 4) is 11.1 Å². The van der Waals surface area contributed by atoms with Gasteiger partial charge < -0.3 is 8.82 Å². The normalized spacial score (nSPS) is 11.4. The number of fused-ring (bicyclic) bond motifs is 3. The second-order valence-corrected chi connectivity index (χ2v) is 6.42. The lowest BCUT2D eigenvalue weighted by molar-refractivity contribution is 0.520. The van der Waals surface area contributed by atoms with Gasteiger partial charge in [0, 0.05) is 18.3 Å². The minimum atomic E-state index is 0.355. The van der Waals surface area contributed by atoms with Crippen LogP contribution in [0.4, 0.5) is 0 Å². The Hall–Kier alpha value is -1.95. The summed E-state index contributed by atoms with van der Waals surface area (Å²) >= 11 is 16.9. The minimum absolute atomic E-state index is 0.355. The molecule has 6 heteroatoms. The maximum absolute atomic E-state index is 6.02. The molecule has 0 spiro atoms. The smallest absolute Gasteiger partial charge is 0.269 e. The summed E-state index contributed by atoms with van der Waals surface area (Å²) in [6.45, 7) is 0. The SMILES string of the molecule is Cn1c(=S)oc2c(-c3ccc(Cl)cc3)c3ccccn3c2c1=S. The molecule has 0 unspecified atom stereocenters. The van der Waals surface area contributed by atoms with Crippen molar-refractivity contribution in [3.63, 3.8) is 0 Å². The molecule has 114 valence electrons. The molecule has 0 amide bonds. The van der Waals surface area contributed by atoms with Crippen molar-refractivity contribution in [2.75, 3.05) is 0 Å². The Morgan fingerprint density at radius 3 is 2.52 bits per heavy atom. The van der Waals surface area contributed by atoms with E-state index in [-0.39, 0.29) is 0 Å². The van der Waals surface area contributed by atoms with Gasteiger partial charge in [0.2, 0.25) is 0 Å². The fraction of sp³-hybridized carbons (Fsp3) is 0.0588. The number of aromatic nitrogens is 2. The predicted octanol–water partition coefficient (Wildman–Crippen LogP) is 5.80. The second-order valence-electron chi connectivity index (χ2n) is 5.25. The summed E-state index contributed by atoms with van der Waals surface area (Å²) in [5, 5.41) is 0.692. The van der Waals surface area contributed by atoms with Gasteiger partial charge in [0.05, 0.1) is 11.1 Å². The van der Waals surface area contributed by atoms with E-state index in [0.29, 0.717) is 20.1 Å². The van der Waals surface area contributed by atoms with Crippen LogP contribution in [0.3, 0.4) is 0 Å². The van der Waals surface area contributed by atoms with Crippen LogP contribution in [0.15, 0.2) is 53.1 Å². The Bertz CT molecular complexity index is 1170. The van der Waals surface area contributed by atoms with Crippen LogP contribution in [0.2, 0.25) is 5.02 Å². The van der Waals surface area contributed by atoms with Gasteiger partial charge in [-0.25, -0.2) is 0 Å². The Morgan fingerprint density at radius 1 is 1.04 bits per heavy atom. The van der Waals surface area contributed by atoms with E-state index in [1.54, 1.807) is 4.57 Å². The van der Waals surface area contributed by atoms with Crippen molar-refractivity contribution in [2.24, 2.45) is 7.05 Å². The number of pyridine rings is 1. The molecule has 23 heavy (non-hydrogen) atoms. The Kier molecular flexibility index (Phi) is 3.37. The number of rotatable bonds is 1. The van der Waals surface area contributed by atoms with Crippen LogP contribution in [0.5, 0.6) is 0 Å². The van der Waals surface area contributed by atoms with Gasteiger partial charge in [0.15, 0.2) is 5.58 Å². The average Bonchev–Trinajstić information content (AvgIpc) is 2.87. The summed E-state index contributed by atoms with van der Waals surface area (Å²) in [6.07, 6.45) is 1.98. The van der Waals surface area contributed by atoms with E-state index >= 15 is 0 Å². The molecule has 0 atom stereocenters. The van der Waals surface area contributed by atoms with E-state index in [1.807, 2.05) is 60.1 Å². The molecular formula is C17H11ClN2OS2. The van der Waals surface area contributed by atoms with Gasteiger partial charge in [0.1, 0.15) is 10.2 Å². The van der Waals surface area contributed by atoms with Crippen molar-refractivity contribution in [3.05, 3.63) is 63.2 Å². The van der Waals surface area contributed by atoms with E-state index < -0.39 is 0 Å². The van der Waals surface area contributed by atoms with Crippen LogP contribution < -0.4 is 0 Å². The third-order valence-corrected chi connectivity index (χ3v) is 4.98. The quantitative estimate of drug-likeness (QED) is 0.401. The minimum Gasteiger partial charge on any atom is -0.428 e. The fourth-order valence-corrected chi connectivity index (χ4v) is 3.41. The highest BCUT2D eigenvalue weighted by atomic mass is 35.5. The third-order valence-electron chi connectivity index (χ3n) is 3.90.